The van der Waals surface area contributed by atoms with E-state index in [0.29, 0.717) is 22.6 Å². The Hall–Kier alpha value is -1.82. The Morgan fingerprint density at radius 1 is 1.19 bits per heavy atom. The van der Waals surface area contributed by atoms with Crippen LogP contribution in [0.5, 0.6) is 0 Å². The van der Waals surface area contributed by atoms with Crippen LogP contribution in [0.4, 0.5) is 0 Å². The molecular formula is C20H29N3O2S. The number of para-hydroxylation sites is 1. The summed E-state index contributed by atoms with van der Waals surface area (Å²) in [6.45, 7) is 5.14. The monoisotopic (exact) mass is 375 g/mol. The number of hydrogen-bond donors (Lipinski definition) is 1. The third-order valence-electron chi connectivity index (χ3n) is 4.35. The van der Waals surface area contributed by atoms with Crippen LogP contribution in [0.15, 0.2) is 34.2 Å². The molecule has 1 N–H and O–H groups in total. The number of unbranched alkanes of at least 4 members (excludes halogenated alkanes) is 3. The van der Waals surface area contributed by atoms with Crippen molar-refractivity contribution in [3.63, 3.8) is 0 Å². The Labute approximate surface area is 159 Å². The van der Waals surface area contributed by atoms with Crippen LogP contribution in [0.3, 0.4) is 0 Å². The maximum atomic E-state index is 12.9. The predicted octanol–water partition coefficient (Wildman–Crippen LogP) is 3.84. The molecule has 1 heterocycles. The second-order valence-electron chi connectivity index (χ2n) is 6.93. The summed E-state index contributed by atoms with van der Waals surface area (Å²) in [6, 6.07) is 7.40. The Balaban J connectivity index is 2.12. The lowest BCUT2D eigenvalue weighted by Gasteiger charge is -2.13. The van der Waals surface area contributed by atoms with E-state index in [1.165, 1.54) is 31.0 Å². The highest BCUT2D eigenvalue weighted by molar-refractivity contribution is 7.99. The molecule has 0 unspecified atom stereocenters. The van der Waals surface area contributed by atoms with Gasteiger partial charge in [-0.05, 0) is 24.5 Å². The first-order valence-corrected chi connectivity index (χ1v) is 10.3. The van der Waals surface area contributed by atoms with Crippen molar-refractivity contribution in [3.05, 3.63) is 34.6 Å². The Morgan fingerprint density at radius 2 is 1.92 bits per heavy atom. The molecule has 0 saturated heterocycles. The van der Waals surface area contributed by atoms with Gasteiger partial charge in [-0.1, -0.05) is 63.4 Å². The largest absolute Gasteiger partial charge is 0.358 e. The van der Waals surface area contributed by atoms with Crippen molar-refractivity contribution in [2.75, 3.05) is 12.8 Å². The summed E-state index contributed by atoms with van der Waals surface area (Å²) in [5, 5.41) is 3.87. The molecule has 142 valence electrons. The molecule has 0 saturated carbocycles. The van der Waals surface area contributed by atoms with Crippen molar-refractivity contribution >= 4 is 28.6 Å². The van der Waals surface area contributed by atoms with E-state index < -0.39 is 0 Å². The molecule has 26 heavy (non-hydrogen) atoms. The highest BCUT2D eigenvalue weighted by atomic mass is 32.2. The van der Waals surface area contributed by atoms with Gasteiger partial charge in [0.1, 0.15) is 0 Å². The van der Waals surface area contributed by atoms with Crippen molar-refractivity contribution in [1.82, 2.24) is 14.9 Å². The molecule has 6 heteroatoms. The third-order valence-corrected chi connectivity index (χ3v) is 5.33. The maximum absolute atomic E-state index is 12.9. The average Bonchev–Trinajstić information content (AvgIpc) is 2.64. The molecule has 0 aliphatic heterocycles. The van der Waals surface area contributed by atoms with Crippen LogP contribution in [-0.2, 0) is 11.3 Å². The van der Waals surface area contributed by atoms with Crippen LogP contribution >= 0.6 is 11.8 Å². The average molecular weight is 376 g/mol. The number of carbonyl (C=O) groups is 1. The van der Waals surface area contributed by atoms with Crippen molar-refractivity contribution < 1.29 is 4.79 Å². The minimum atomic E-state index is -0.0716. The van der Waals surface area contributed by atoms with Crippen LogP contribution in [0, 0.1) is 5.92 Å². The first-order chi connectivity index (χ1) is 12.5. The summed E-state index contributed by atoms with van der Waals surface area (Å²) in [5.41, 5.74) is 0.669. The summed E-state index contributed by atoms with van der Waals surface area (Å²) in [5.74, 6) is 0.933. The number of aromatic nitrogens is 2. The number of fused-ring (bicyclic) bond motifs is 1. The summed E-state index contributed by atoms with van der Waals surface area (Å²) in [6.07, 6.45) is 5.73. The van der Waals surface area contributed by atoms with Crippen LogP contribution in [0.25, 0.3) is 10.9 Å². The molecule has 0 bridgehead atoms. The first kappa shape index (κ1) is 20.5. The molecule has 0 aliphatic carbocycles. The molecule has 0 fully saturated rings. The fourth-order valence-corrected chi connectivity index (χ4v) is 3.73. The number of amides is 1. The number of benzene rings is 1. The van der Waals surface area contributed by atoms with E-state index in [1.807, 2.05) is 24.3 Å². The van der Waals surface area contributed by atoms with Gasteiger partial charge >= 0.3 is 0 Å². The van der Waals surface area contributed by atoms with E-state index in [-0.39, 0.29) is 17.2 Å². The van der Waals surface area contributed by atoms with Crippen LogP contribution in [0.1, 0.15) is 46.0 Å². The Bertz CT molecular complexity index is 786. The highest BCUT2D eigenvalue weighted by Crippen LogP contribution is 2.18. The number of nitrogens with zero attached hydrogens (tertiary/aromatic N) is 2. The minimum Gasteiger partial charge on any atom is -0.358 e. The molecule has 0 aliphatic rings. The van der Waals surface area contributed by atoms with E-state index in [9.17, 15) is 9.59 Å². The van der Waals surface area contributed by atoms with E-state index in [2.05, 4.69) is 24.1 Å². The third kappa shape index (κ3) is 5.87. The fraction of sp³-hybridized carbons (Fsp3) is 0.550. The molecule has 1 aromatic heterocycles. The van der Waals surface area contributed by atoms with Gasteiger partial charge in [-0.3, -0.25) is 14.2 Å². The summed E-state index contributed by atoms with van der Waals surface area (Å²) in [4.78, 5) is 29.1. The first-order valence-electron chi connectivity index (χ1n) is 9.36. The zero-order chi connectivity index (χ0) is 18.9. The van der Waals surface area contributed by atoms with Gasteiger partial charge in [-0.15, -0.1) is 0 Å². The molecule has 0 atom stereocenters. The maximum Gasteiger partial charge on any atom is 0.262 e. The van der Waals surface area contributed by atoms with E-state index >= 15 is 0 Å². The molecule has 0 spiro atoms. The second-order valence-corrected chi connectivity index (χ2v) is 7.87. The molecule has 0 radical (unpaired) electrons. The van der Waals surface area contributed by atoms with Gasteiger partial charge in [0.05, 0.1) is 16.7 Å². The van der Waals surface area contributed by atoms with E-state index in [4.69, 9.17) is 0 Å². The summed E-state index contributed by atoms with van der Waals surface area (Å²) in [7, 11) is 1.61. The zero-order valence-electron chi connectivity index (χ0n) is 16.0. The van der Waals surface area contributed by atoms with Gasteiger partial charge in [0.25, 0.3) is 5.56 Å². The van der Waals surface area contributed by atoms with Crippen molar-refractivity contribution in [3.8, 4) is 0 Å². The van der Waals surface area contributed by atoms with Crippen LogP contribution in [-0.4, -0.2) is 28.3 Å². The number of thioether (sulfide) groups is 1. The lowest BCUT2D eigenvalue weighted by molar-refractivity contribution is -0.118. The second kappa shape index (κ2) is 10.4. The lowest BCUT2D eigenvalue weighted by atomic mass is 10.0. The van der Waals surface area contributed by atoms with Gasteiger partial charge in [-0.2, -0.15) is 0 Å². The van der Waals surface area contributed by atoms with Gasteiger partial charge in [-0.25, -0.2) is 4.98 Å². The molecule has 2 rings (SSSR count). The molecular weight excluding hydrogens is 346 g/mol. The van der Waals surface area contributed by atoms with Crippen LogP contribution < -0.4 is 10.9 Å². The summed E-state index contributed by atoms with van der Waals surface area (Å²) >= 11 is 1.32. The predicted molar refractivity (Wildman–Crippen MR) is 109 cm³/mol. The molecule has 1 amide bonds. The van der Waals surface area contributed by atoms with Crippen molar-refractivity contribution in [2.45, 2.75) is 57.7 Å². The highest BCUT2D eigenvalue weighted by Gasteiger charge is 2.12. The fourth-order valence-electron chi connectivity index (χ4n) is 2.83. The standard InChI is InChI=1S/C20H29N3O2S/c1-15(2)10-6-4-5-9-13-23-19(25)16-11-7-8-12-17(16)22-20(23)26-14-18(24)21-3/h7-8,11-12,15H,4-6,9-10,13-14H2,1-3H3,(H,21,24). The van der Waals surface area contributed by atoms with Crippen LogP contribution in [0.2, 0.25) is 0 Å². The number of hydrogen-bond acceptors (Lipinski definition) is 4. The van der Waals surface area contributed by atoms with Gasteiger partial charge in [0, 0.05) is 13.6 Å². The summed E-state index contributed by atoms with van der Waals surface area (Å²) < 4.78 is 1.73. The van der Waals surface area contributed by atoms with Gasteiger partial charge in [0.2, 0.25) is 5.91 Å². The topological polar surface area (TPSA) is 64.0 Å². The molecule has 2 aromatic rings. The number of carbonyl (C=O) groups excluding carboxylic acids is 1. The number of nitrogens with one attached hydrogen (secondary N) is 1. The normalized spacial score (nSPS) is 11.2. The quantitative estimate of drug-likeness (QED) is 0.389. The van der Waals surface area contributed by atoms with Crippen molar-refractivity contribution in [2.24, 2.45) is 5.92 Å². The zero-order valence-corrected chi connectivity index (χ0v) is 16.8. The minimum absolute atomic E-state index is 0.0165. The van der Waals surface area contributed by atoms with E-state index in [1.54, 1.807) is 11.6 Å². The lowest BCUT2D eigenvalue weighted by Crippen LogP contribution is -2.25. The number of rotatable bonds is 10. The van der Waals surface area contributed by atoms with E-state index in [0.717, 1.165) is 18.8 Å². The Morgan fingerprint density at radius 3 is 2.65 bits per heavy atom. The smallest absolute Gasteiger partial charge is 0.262 e. The van der Waals surface area contributed by atoms with Gasteiger partial charge < -0.3 is 5.32 Å². The molecule has 1 aromatic carbocycles. The molecule has 5 nitrogen and oxygen atoms in total. The SMILES string of the molecule is CNC(=O)CSc1nc2ccccc2c(=O)n1CCCCCCC(C)C. The van der Waals surface area contributed by atoms with Crippen molar-refractivity contribution in [1.29, 1.82) is 0 Å². The Kier molecular flexibility index (Phi) is 8.16. The van der Waals surface area contributed by atoms with Gasteiger partial charge in [0.15, 0.2) is 5.16 Å².